The van der Waals surface area contributed by atoms with Gasteiger partial charge < -0.3 is 5.32 Å². The number of allylic oxidation sites excluding steroid dienone is 2. The van der Waals surface area contributed by atoms with E-state index in [9.17, 15) is 0 Å². The third-order valence-electron chi connectivity index (χ3n) is 2.04. The summed E-state index contributed by atoms with van der Waals surface area (Å²) in [5, 5.41) is 9.81. The fraction of sp³-hybridized carbons (Fsp3) is 0.667. The fourth-order valence-corrected chi connectivity index (χ4v) is 0.920. The molecule has 0 aromatic carbocycles. The number of hydrogen-bond donors (Lipinski definition) is 2. The van der Waals surface area contributed by atoms with Crippen LogP contribution in [0.15, 0.2) is 11.8 Å². The SMILES string of the molecule is C/C=C(\NC=N)C(C)C(C)C. The average molecular weight is 154 g/mol. The van der Waals surface area contributed by atoms with Crippen LogP contribution in [0.4, 0.5) is 0 Å². The van der Waals surface area contributed by atoms with Crippen molar-refractivity contribution in [1.29, 1.82) is 5.41 Å². The molecule has 0 spiro atoms. The van der Waals surface area contributed by atoms with E-state index in [0.717, 1.165) is 5.70 Å². The average Bonchev–Trinajstić information content (AvgIpc) is 1.98. The van der Waals surface area contributed by atoms with E-state index in [1.807, 2.05) is 13.0 Å². The van der Waals surface area contributed by atoms with Gasteiger partial charge in [-0.05, 0) is 18.8 Å². The summed E-state index contributed by atoms with van der Waals surface area (Å²) in [5.41, 5.74) is 1.13. The number of rotatable bonds is 4. The highest BCUT2D eigenvalue weighted by molar-refractivity contribution is 5.53. The van der Waals surface area contributed by atoms with E-state index in [2.05, 4.69) is 26.1 Å². The van der Waals surface area contributed by atoms with Crippen molar-refractivity contribution in [2.75, 3.05) is 0 Å². The van der Waals surface area contributed by atoms with Crippen LogP contribution < -0.4 is 5.32 Å². The van der Waals surface area contributed by atoms with Gasteiger partial charge in [-0.2, -0.15) is 0 Å². The maximum atomic E-state index is 6.89. The first-order valence-electron chi connectivity index (χ1n) is 4.05. The van der Waals surface area contributed by atoms with E-state index in [-0.39, 0.29) is 0 Å². The second-order valence-corrected chi connectivity index (χ2v) is 3.07. The lowest BCUT2D eigenvalue weighted by molar-refractivity contribution is 0.467. The van der Waals surface area contributed by atoms with Crippen LogP contribution in [0, 0.1) is 17.2 Å². The molecule has 0 aliphatic heterocycles. The minimum atomic E-state index is 0.501. The molecule has 2 nitrogen and oxygen atoms in total. The van der Waals surface area contributed by atoms with Crippen LogP contribution in [0.1, 0.15) is 27.7 Å². The van der Waals surface area contributed by atoms with Crippen molar-refractivity contribution in [3.05, 3.63) is 11.8 Å². The van der Waals surface area contributed by atoms with Gasteiger partial charge in [-0.3, -0.25) is 5.41 Å². The molecule has 0 fully saturated rings. The van der Waals surface area contributed by atoms with Gasteiger partial charge in [0.05, 0.1) is 6.34 Å². The van der Waals surface area contributed by atoms with E-state index >= 15 is 0 Å². The van der Waals surface area contributed by atoms with Crippen molar-refractivity contribution in [1.82, 2.24) is 5.32 Å². The van der Waals surface area contributed by atoms with E-state index in [1.54, 1.807) is 0 Å². The van der Waals surface area contributed by atoms with Crippen LogP contribution in [0.5, 0.6) is 0 Å². The van der Waals surface area contributed by atoms with Gasteiger partial charge in [0.1, 0.15) is 0 Å². The molecule has 0 amide bonds. The maximum absolute atomic E-state index is 6.89. The smallest absolute Gasteiger partial charge is 0.0832 e. The van der Waals surface area contributed by atoms with Gasteiger partial charge in [-0.25, -0.2) is 0 Å². The minimum Gasteiger partial charge on any atom is -0.350 e. The highest BCUT2D eigenvalue weighted by atomic mass is 14.9. The predicted molar refractivity (Wildman–Crippen MR) is 49.7 cm³/mol. The lowest BCUT2D eigenvalue weighted by Crippen LogP contribution is -2.19. The van der Waals surface area contributed by atoms with Crippen LogP contribution in [0.2, 0.25) is 0 Å². The Labute approximate surface area is 69.2 Å². The first kappa shape index (κ1) is 10.2. The number of nitrogens with one attached hydrogen (secondary N) is 2. The summed E-state index contributed by atoms with van der Waals surface area (Å²) in [6.07, 6.45) is 3.25. The topological polar surface area (TPSA) is 35.9 Å². The molecule has 64 valence electrons. The molecule has 0 rings (SSSR count). The van der Waals surface area contributed by atoms with Crippen LogP contribution in [0.25, 0.3) is 0 Å². The third-order valence-corrected chi connectivity index (χ3v) is 2.04. The van der Waals surface area contributed by atoms with Crippen LogP contribution in [0.3, 0.4) is 0 Å². The second kappa shape index (κ2) is 4.94. The van der Waals surface area contributed by atoms with Crippen molar-refractivity contribution in [2.45, 2.75) is 27.7 Å². The van der Waals surface area contributed by atoms with Gasteiger partial charge in [-0.1, -0.05) is 26.8 Å². The van der Waals surface area contributed by atoms with Gasteiger partial charge in [-0.15, -0.1) is 0 Å². The van der Waals surface area contributed by atoms with Crippen molar-refractivity contribution in [2.24, 2.45) is 11.8 Å². The Balaban J connectivity index is 4.14. The molecular weight excluding hydrogens is 136 g/mol. The van der Waals surface area contributed by atoms with E-state index in [1.165, 1.54) is 6.34 Å². The highest BCUT2D eigenvalue weighted by Crippen LogP contribution is 2.16. The lowest BCUT2D eigenvalue weighted by Gasteiger charge is -2.18. The Morgan fingerprint density at radius 1 is 1.36 bits per heavy atom. The van der Waals surface area contributed by atoms with Gasteiger partial charge in [0.2, 0.25) is 0 Å². The second-order valence-electron chi connectivity index (χ2n) is 3.07. The lowest BCUT2D eigenvalue weighted by atomic mass is 9.94. The molecule has 0 radical (unpaired) electrons. The first-order valence-corrected chi connectivity index (χ1v) is 4.05. The number of hydrogen-bond acceptors (Lipinski definition) is 1. The molecule has 2 heteroatoms. The highest BCUT2D eigenvalue weighted by Gasteiger charge is 2.10. The molecule has 0 aliphatic rings. The summed E-state index contributed by atoms with van der Waals surface area (Å²) < 4.78 is 0. The fourth-order valence-electron chi connectivity index (χ4n) is 0.920. The monoisotopic (exact) mass is 154 g/mol. The van der Waals surface area contributed by atoms with E-state index in [4.69, 9.17) is 5.41 Å². The van der Waals surface area contributed by atoms with Crippen molar-refractivity contribution in [3.63, 3.8) is 0 Å². The molecule has 1 unspecified atom stereocenters. The largest absolute Gasteiger partial charge is 0.350 e. The Hall–Kier alpha value is -0.790. The zero-order chi connectivity index (χ0) is 8.85. The summed E-state index contributed by atoms with van der Waals surface area (Å²) in [6.45, 7) is 8.51. The summed E-state index contributed by atoms with van der Waals surface area (Å²) in [4.78, 5) is 0. The molecule has 11 heavy (non-hydrogen) atoms. The van der Waals surface area contributed by atoms with Gasteiger partial charge in [0.25, 0.3) is 0 Å². The van der Waals surface area contributed by atoms with Gasteiger partial charge in [0, 0.05) is 5.70 Å². The van der Waals surface area contributed by atoms with Gasteiger partial charge in [0.15, 0.2) is 0 Å². The van der Waals surface area contributed by atoms with E-state index in [0.29, 0.717) is 11.8 Å². The summed E-state index contributed by atoms with van der Waals surface area (Å²) >= 11 is 0. The zero-order valence-electron chi connectivity index (χ0n) is 7.81. The van der Waals surface area contributed by atoms with Gasteiger partial charge >= 0.3 is 0 Å². The summed E-state index contributed by atoms with van der Waals surface area (Å²) in [7, 11) is 0. The predicted octanol–water partition coefficient (Wildman–Crippen LogP) is 2.38. The summed E-state index contributed by atoms with van der Waals surface area (Å²) in [6, 6.07) is 0. The molecule has 0 bridgehead atoms. The zero-order valence-corrected chi connectivity index (χ0v) is 7.81. The van der Waals surface area contributed by atoms with Crippen LogP contribution in [-0.2, 0) is 0 Å². The molecule has 0 saturated heterocycles. The standard InChI is InChI=1S/C9H18N2/c1-5-9(11-6-10)8(4)7(2)3/h5-8H,1-4H3,(H2,10,11)/b9-5-. The summed E-state index contributed by atoms with van der Waals surface area (Å²) in [5.74, 6) is 1.12. The maximum Gasteiger partial charge on any atom is 0.0832 e. The molecule has 1 atom stereocenters. The minimum absolute atomic E-state index is 0.501. The Morgan fingerprint density at radius 2 is 1.91 bits per heavy atom. The van der Waals surface area contributed by atoms with E-state index < -0.39 is 0 Å². The normalized spacial score (nSPS) is 14.8. The molecule has 0 heterocycles. The molecule has 0 aromatic rings. The molecule has 0 aromatic heterocycles. The molecular formula is C9H18N2. The quantitative estimate of drug-likeness (QED) is 0.473. The van der Waals surface area contributed by atoms with Crippen LogP contribution in [-0.4, -0.2) is 6.34 Å². The van der Waals surface area contributed by atoms with Crippen molar-refractivity contribution >= 4 is 6.34 Å². The van der Waals surface area contributed by atoms with Crippen molar-refractivity contribution < 1.29 is 0 Å². The molecule has 2 N–H and O–H groups in total. The third kappa shape index (κ3) is 3.21. The Kier molecular flexibility index (Phi) is 4.59. The van der Waals surface area contributed by atoms with Crippen LogP contribution >= 0.6 is 0 Å². The Morgan fingerprint density at radius 3 is 2.18 bits per heavy atom. The van der Waals surface area contributed by atoms with Crippen molar-refractivity contribution in [3.8, 4) is 0 Å². The Bertz CT molecular complexity index is 148. The first-order chi connectivity index (χ1) is 5.13. The molecule has 0 aliphatic carbocycles. The molecule has 0 saturated carbocycles.